The van der Waals surface area contributed by atoms with E-state index in [4.69, 9.17) is 11.6 Å². The molecule has 0 aliphatic rings. The normalized spacial score (nSPS) is 11.3. The fourth-order valence-corrected chi connectivity index (χ4v) is 1.90. The van der Waals surface area contributed by atoms with Crippen LogP contribution in [-0.4, -0.2) is 15.0 Å². The van der Waals surface area contributed by atoms with E-state index in [1.165, 1.54) is 0 Å². The zero-order valence-corrected chi connectivity index (χ0v) is 8.84. The van der Waals surface area contributed by atoms with Gasteiger partial charge in [-0.15, -0.1) is 0 Å². The highest BCUT2D eigenvalue weighted by Crippen LogP contribution is 2.24. The van der Waals surface area contributed by atoms with E-state index in [1.807, 2.05) is 25.3 Å². The first-order chi connectivity index (χ1) is 7.24. The Labute approximate surface area is 91.1 Å². The molecule has 3 heterocycles. The molecule has 0 aromatic carbocycles. The number of rotatable bonds is 0. The van der Waals surface area contributed by atoms with Crippen LogP contribution in [0, 0.1) is 6.92 Å². The zero-order valence-electron chi connectivity index (χ0n) is 8.08. The first kappa shape index (κ1) is 8.68. The number of halogens is 1. The summed E-state index contributed by atoms with van der Waals surface area (Å²) >= 11 is 5.83. The molecule has 74 valence electrons. The third-order valence-electron chi connectivity index (χ3n) is 2.45. The quantitative estimate of drug-likeness (QED) is 0.588. The second-order valence-corrected chi connectivity index (χ2v) is 3.91. The molecular weight excluding hydrogens is 210 g/mol. The van der Waals surface area contributed by atoms with Crippen LogP contribution in [0.1, 0.15) is 5.69 Å². The minimum atomic E-state index is 0.499. The second kappa shape index (κ2) is 2.94. The molecule has 0 bridgehead atoms. The lowest BCUT2D eigenvalue weighted by atomic mass is 10.2. The molecule has 15 heavy (non-hydrogen) atoms. The Balaban J connectivity index is 2.51. The highest BCUT2D eigenvalue weighted by molar-refractivity contribution is 6.30. The minimum Gasteiger partial charge on any atom is -0.339 e. The molecule has 3 rings (SSSR count). The van der Waals surface area contributed by atoms with Gasteiger partial charge in [-0.05, 0) is 25.1 Å². The Morgan fingerprint density at radius 1 is 1.27 bits per heavy atom. The van der Waals surface area contributed by atoms with Gasteiger partial charge < -0.3 is 4.98 Å². The summed E-state index contributed by atoms with van der Waals surface area (Å²) in [6, 6.07) is 5.75. The third-order valence-corrected chi connectivity index (χ3v) is 2.66. The molecule has 0 radical (unpaired) electrons. The van der Waals surface area contributed by atoms with Gasteiger partial charge in [-0.2, -0.15) is 0 Å². The van der Waals surface area contributed by atoms with E-state index in [2.05, 4.69) is 15.0 Å². The van der Waals surface area contributed by atoms with E-state index in [-0.39, 0.29) is 0 Å². The SMILES string of the molecule is Cc1cc2[nH]c3nc(Cl)ccc3c2cn1. The van der Waals surface area contributed by atoms with Gasteiger partial charge in [0.1, 0.15) is 10.8 Å². The number of aryl methyl sites for hydroxylation is 1. The van der Waals surface area contributed by atoms with Gasteiger partial charge in [0.05, 0.1) is 5.52 Å². The summed E-state index contributed by atoms with van der Waals surface area (Å²) in [5.74, 6) is 0. The van der Waals surface area contributed by atoms with Crippen molar-refractivity contribution in [2.75, 3.05) is 0 Å². The van der Waals surface area contributed by atoms with Gasteiger partial charge in [0.25, 0.3) is 0 Å². The summed E-state index contributed by atoms with van der Waals surface area (Å²) in [4.78, 5) is 11.7. The largest absolute Gasteiger partial charge is 0.339 e. The van der Waals surface area contributed by atoms with Crippen molar-refractivity contribution in [2.24, 2.45) is 0 Å². The highest BCUT2D eigenvalue weighted by atomic mass is 35.5. The van der Waals surface area contributed by atoms with Crippen molar-refractivity contribution >= 4 is 33.5 Å². The van der Waals surface area contributed by atoms with Crippen molar-refractivity contribution < 1.29 is 0 Å². The Morgan fingerprint density at radius 2 is 2.13 bits per heavy atom. The Kier molecular flexibility index (Phi) is 1.70. The number of pyridine rings is 2. The van der Waals surface area contributed by atoms with Crippen molar-refractivity contribution in [1.29, 1.82) is 0 Å². The van der Waals surface area contributed by atoms with Gasteiger partial charge in [0.2, 0.25) is 0 Å². The molecule has 3 aromatic heterocycles. The summed E-state index contributed by atoms with van der Waals surface area (Å²) in [6.07, 6.45) is 1.86. The van der Waals surface area contributed by atoms with E-state index in [0.29, 0.717) is 5.15 Å². The first-order valence-electron chi connectivity index (χ1n) is 4.64. The molecule has 0 fully saturated rings. The Bertz CT molecular complexity index is 601. The summed E-state index contributed by atoms with van der Waals surface area (Å²) < 4.78 is 0. The van der Waals surface area contributed by atoms with Crippen LogP contribution in [0.5, 0.6) is 0 Å². The van der Waals surface area contributed by atoms with E-state index in [1.54, 1.807) is 6.07 Å². The van der Waals surface area contributed by atoms with Crippen molar-refractivity contribution in [3.63, 3.8) is 0 Å². The fourth-order valence-electron chi connectivity index (χ4n) is 1.75. The summed E-state index contributed by atoms with van der Waals surface area (Å²) in [5.41, 5.74) is 2.84. The number of nitrogens with one attached hydrogen (secondary N) is 1. The first-order valence-corrected chi connectivity index (χ1v) is 5.02. The minimum absolute atomic E-state index is 0.499. The van der Waals surface area contributed by atoms with Crippen molar-refractivity contribution in [3.8, 4) is 0 Å². The molecule has 3 aromatic rings. The smallest absolute Gasteiger partial charge is 0.140 e. The maximum atomic E-state index is 5.83. The number of nitrogens with zero attached hydrogens (tertiary/aromatic N) is 2. The molecule has 4 heteroatoms. The number of H-pyrrole nitrogens is 1. The van der Waals surface area contributed by atoms with Crippen LogP contribution in [0.25, 0.3) is 21.9 Å². The lowest BCUT2D eigenvalue weighted by Crippen LogP contribution is -1.77. The molecule has 0 saturated heterocycles. The van der Waals surface area contributed by atoms with Crippen molar-refractivity contribution in [2.45, 2.75) is 6.92 Å². The van der Waals surface area contributed by atoms with E-state index >= 15 is 0 Å². The van der Waals surface area contributed by atoms with Gasteiger partial charge in [0.15, 0.2) is 0 Å². The summed E-state index contributed by atoms with van der Waals surface area (Å²) in [6.45, 7) is 1.96. The van der Waals surface area contributed by atoms with Crippen molar-refractivity contribution in [1.82, 2.24) is 15.0 Å². The van der Waals surface area contributed by atoms with Crippen LogP contribution in [0.4, 0.5) is 0 Å². The molecule has 0 atom stereocenters. The maximum Gasteiger partial charge on any atom is 0.140 e. The fraction of sp³-hybridized carbons (Fsp3) is 0.0909. The summed E-state index contributed by atoms with van der Waals surface area (Å²) in [5, 5.41) is 2.64. The van der Waals surface area contributed by atoms with Gasteiger partial charge in [-0.3, -0.25) is 4.98 Å². The number of fused-ring (bicyclic) bond motifs is 3. The van der Waals surface area contributed by atoms with Gasteiger partial charge >= 0.3 is 0 Å². The predicted octanol–water partition coefficient (Wildman–Crippen LogP) is 3.07. The topological polar surface area (TPSA) is 41.6 Å². The van der Waals surface area contributed by atoms with Crippen LogP contribution in [0.15, 0.2) is 24.4 Å². The molecule has 0 aliphatic carbocycles. The van der Waals surface area contributed by atoms with E-state index < -0.39 is 0 Å². The highest BCUT2D eigenvalue weighted by Gasteiger charge is 2.05. The maximum absolute atomic E-state index is 5.83. The molecule has 3 nitrogen and oxygen atoms in total. The molecule has 0 saturated carbocycles. The lowest BCUT2D eigenvalue weighted by Gasteiger charge is -1.91. The van der Waals surface area contributed by atoms with Gasteiger partial charge in [-0.1, -0.05) is 11.6 Å². The monoisotopic (exact) mass is 217 g/mol. The number of aromatic amines is 1. The van der Waals surface area contributed by atoms with Crippen LogP contribution in [0.2, 0.25) is 5.15 Å². The predicted molar refractivity (Wildman–Crippen MR) is 61.1 cm³/mol. The van der Waals surface area contributed by atoms with Crippen molar-refractivity contribution in [3.05, 3.63) is 35.2 Å². The zero-order chi connectivity index (χ0) is 10.4. The van der Waals surface area contributed by atoms with E-state index in [9.17, 15) is 0 Å². The number of hydrogen-bond donors (Lipinski definition) is 1. The van der Waals surface area contributed by atoms with E-state index in [0.717, 1.165) is 27.6 Å². The van der Waals surface area contributed by atoms with Gasteiger partial charge in [0, 0.05) is 22.7 Å². The van der Waals surface area contributed by atoms with Crippen LogP contribution < -0.4 is 0 Å². The molecule has 0 spiro atoms. The average molecular weight is 218 g/mol. The molecule has 0 unspecified atom stereocenters. The van der Waals surface area contributed by atoms with Crippen LogP contribution >= 0.6 is 11.6 Å². The molecular formula is C11H8ClN3. The Morgan fingerprint density at radius 3 is 3.00 bits per heavy atom. The average Bonchev–Trinajstić information content (AvgIpc) is 2.53. The van der Waals surface area contributed by atoms with Gasteiger partial charge in [-0.25, -0.2) is 4.98 Å². The summed E-state index contributed by atoms with van der Waals surface area (Å²) in [7, 11) is 0. The lowest BCUT2D eigenvalue weighted by molar-refractivity contribution is 1.22. The standard InChI is InChI=1S/C11H8ClN3/c1-6-4-9-8(5-13-6)7-2-3-10(12)15-11(7)14-9/h2-5H,1H3,(H,14,15). The molecule has 1 N–H and O–H groups in total. The van der Waals surface area contributed by atoms with Crippen LogP contribution in [-0.2, 0) is 0 Å². The third kappa shape index (κ3) is 1.27. The molecule has 0 amide bonds. The van der Waals surface area contributed by atoms with Crippen LogP contribution in [0.3, 0.4) is 0 Å². The number of aromatic nitrogens is 3. The molecule has 0 aliphatic heterocycles. The second-order valence-electron chi connectivity index (χ2n) is 3.53. The number of hydrogen-bond acceptors (Lipinski definition) is 2. The Hall–Kier alpha value is -1.61.